The van der Waals surface area contributed by atoms with E-state index in [0.29, 0.717) is 4.90 Å². The third-order valence-corrected chi connectivity index (χ3v) is 3.33. The van der Waals surface area contributed by atoms with Crippen molar-refractivity contribution in [2.75, 3.05) is 0 Å². The molecule has 8 heteroatoms. The Kier molecular flexibility index (Phi) is 3.94. The molecule has 102 valence electrons. The van der Waals surface area contributed by atoms with Crippen molar-refractivity contribution in [1.82, 2.24) is 4.98 Å². The number of pyridine rings is 1. The Morgan fingerprint density at radius 2 is 2.10 bits per heavy atom. The number of rotatable bonds is 4. The van der Waals surface area contributed by atoms with Gasteiger partial charge in [-0.15, -0.1) is 0 Å². The fourth-order valence-electron chi connectivity index (χ4n) is 1.44. The van der Waals surface area contributed by atoms with Gasteiger partial charge in [0, 0.05) is 17.2 Å². The number of hydrogen-bond donors (Lipinski definition) is 1. The first-order valence-electron chi connectivity index (χ1n) is 5.28. The Morgan fingerprint density at radius 1 is 1.35 bits per heavy atom. The summed E-state index contributed by atoms with van der Waals surface area (Å²) in [7, 11) is 0. The summed E-state index contributed by atoms with van der Waals surface area (Å²) in [5.74, 6) is -1.81. The second kappa shape index (κ2) is 5.66. The van der Waals surface area contributed by atoms with Crippen molar-refractivity contribution in [1.29, 1.82) is 0 Å². The summed E-state index contributed by atoms with van der Waals surface area (Å²) in [5.41, 5.74) is -0.431. The molecule has 0 saturated heterocycles. The largest absolute Gasteiger partial charge is 0.477 e. The van der Waals surface area contributed by atoms with Gasteiger partial charge in [-0.2, -0.15) is 0 Å². The molecule has 1 heterocycles. The minimum Gasteiger partial charge on any atom is -0.477 e. The van der Waals surface area contributed by atoms with E-state index in [1.54, 1.807) is 0 Å². The molecule has 0 radical (unpaired) electrons. The van der Waals surface area contributed by atoms with Crippen LogP contribution in [0.5, 0.6) is 0 Å². The maximum Gasteiger partial charge on any atom is 0.354 e. The molecule has 0 bridgehead atoms. The molecule has 1 N–H and O–H groups in total. The molecule has 0 aliphatic rings. The summed E-state index contributed by atoms with van der Waals surface area (Å²) < 4.78 is 13.2. The Balaban J connectivity index is 2.39. The first-order chi connectivity index (χ1) is 9.47. The van der Waals surface area contributed by atoms with Crippen molar-refractivity contribution in [2.45, 2.75) is 9.79 Å². The van der Waals surface area contributed by atoms with Crippen LogP contribution in [0, 0.1) is 15.9 Å². The van der Waals surface area contributed by atoms with Crippen molar-refractivity contribution in [3.63, 3.8) is 0 Å². The van der Waals surface area contributed by atoms with Gasteiger partial charge < -0.3 is 5.11 Å². The lowest BCUT2D eigenvalue weighted by molar-refractivity contribution is -0.387. The van der Waals surface area contributed by atoms with Crippen molar-refractivity contribution >= 4 is 23.4 Å². The number of aromatic carboxylic acids is 1. The molecule has 0 spiro atoms. The minimum absolute atomic E-state index is 0.0949. The Labute approximate surface area is 116 Å². The number of nitrogens with zero attached hydrogens (tertiary/aromatic N) is 2. The Hall–Kier alpha value is -2.48. The van der Waals surface area contributed by atoms with Gasteiger partial charge in [0.2, 0.25) is 0 Å². The van der Waals surface area contributed by atoms with E-state index in [4.69, 9.17) is 5.11 Å². The van der Waals surface area contributed by atoms with Crippen LogP contribution in [-0.2, 0) is 0 Å². The monoisotopic (exact) mass is 294 g/mol. The Bertz CT molecular complexity index is 693. The van der Waals surface area contributed by atoms with Gasteiger partial charge in [-0.05, 0) is 24.3 Å². The van der Waals surface area contributed by atoms with Gasteiger partial charge in [-0.1, -0.05) is 11.8 Å². The normalized spacial score (nSPS) is 10.2. The molecular weight excluding hydrogens is 287 g/mol. The van der Waals surface area contributed by atoms with Gasteiger partial charge in [0.25, 0.3) is 5.69 Å². The van der Waals surface area contributed by atoms with E-state index in [2.05, 4.69) is 4.98 Å². The van der Waals surface area contributed by atoms with Crippen LogP contribution in [0.3, 0.4) is 0 Å². The predicted molar refractivity (Wildman–Crippen MR) is 68.4 cm³/mol. The molecule has 0 saturated carbocycles. The minimum atomic E-state index is -1.21. The number of carbonyl (C=O) groups is 1. The molecule has 20 heavy (non-hydrogen) atoms. The lowest BCUT2D eigenvalue weighted by Crippen LogP contribution is -1.99. The van der Waals surface area contributed by atoms with Gasteiger partial charge in [-0.3, -0.25) is 10.1 Å². The smallest absolute Gasteiger partial charge is 0.354 e. The lowest BCUT2D eigenvalue weighted by Gasteiger charge is -2.04. The van der Waals surface area contributed by atoms with Crippen molar-refractivity contribution in [3.8, 4) is 0 Å². The quantitative estimate of drug-likeness (QED) is 0.688. The molecule has 2 rings (SSSR count). The molecule has 2 aromatic rings. The molecular formula is C12H7FN2O4S. The zero-order valence-corrected chi connectivity index (χ0v) is 10.6. The first-order valence-corrected chi connectivity index (χ1v) is 6.10. The van der Waals surface area contributed by atoms with Crippen molar-refractivity contribution in [2.24, 2.45) is 0 Å². The molecule has 0 unspecified atom stereocenters. The van der Waals surface area contributed by atoms with E-state index in [-0.39, 0.29) is 16.3 Å². The standard InChI is InChI=1S/C12H7FN2O4S/c13-7-1-2-10(15(18)19)11(5-7)20-8-3-4-14-9(6-8)12(16)17/h1-6H,(H,16,17). The zero-order valence-electron chi connectivity index (χ0n) is 9.82. The van der Waals surface area contributed by atoms with Crippen LogP contribution in [0.1, 0.15) is 10.5 Å². The van der Waals surface area contributed by atoms with Gasteiger partial charge >= 0.3 is 5.97 Å². The predicted octanol–water partition coefficient (Wildman–Crippen LogP) is 2.98. The summed E-state index contributed by atoms with van der Waals surface area (Å²) in [6.45, 7) is 0. The second-order valence-corrected chi connectivity index (χ2v) is 4.77. The number of halogens is 1. The van der Waals surface area contributed by atoms with Crippen LogP contribution < -0.4 is 0 Å². The average Bonchev–Trinajstić information content (AvgIpc) is 2.38. The summed E-state index contributed by atoms with van der Waals surface area (Å²) >= 11 is 0.903. The van der Waals surface area contributed by atoms with E-state index in [1.807, 2.05) is 0 Å². The highest BCUT2D eigenvalue weighted by molar-refractivity contribution is 7.99. The highest BCUT2D eigenvalue weighted by Crippen LogP contribution is 2.35. The van der Waals surface area contributed by atoms with Crippen LogP contribution in [0.2, 0.25) is 0 Å². The van der Waals surface area contributed by atoms with E-state index in [0.717, 1.165) is 30.0 Å². The number of benzene rings is 1. The SMILES string of the molecule is O=C(O)c1cc(Sc2cc(F)ccc2[N+](=O)[O-])ccn1. The number of carboxylic acids is 1. The molecule has 1 aromatic heterocycles. The molecule has 0 atom stereocenters. The van der Waals surface area contributed by atoms with Gasteiger partial charge in [0.1, 0.15) is 11.5 Å². The van der Waals surface area contributed by atoms with Crippen LogP contribution in [-0.4, -0.2) is 21.0 Å². The third-order valence-electron chi connectivity index (χ3n) is 2.30. The number of hydrogen-bond acceptors (Lipinski definition) is 5. The number of nitro benzene ring substituents is 1. The molecule has 0 fully saturated rings. The molecule has 1 aromatic carbocycles. The zero-order chi connectivity index (χ0) is 14.7. The van der Waals surface area contributed by atoms with Gasteiger partial charge in [0.05, 0.1) is 9.82 Å². The van der Waals surface area contributed by atoms with Gasteiger partial charge in [-0.25, -0.2) is 14.2 Å². The van der Waals surface area contributed by atoms with Crippen LogP contribution in [0.25, 0.3) is 0 Å². The Morgan fingerprint density at radius 3 is 2.75 bits per heavy atom. The maximum atomic E-state index is 13.2. The summed E-state index contributed by atoms with van der Waals surface area (Å²) in [4.78, 5) is 25.2. The highest BCUT2D eigenvalue weighted by atomic mass is 32.2. The summed E-state index contributed by atoms with van der Waals surface area (Å²) in [6.07, 6.45) is 1.27. The molecule has 0 aliphatic heterocycles. The number of aromatic nitrogens is 1. The van der Waals surface area contributed by atoms with E-state index in [9.17, 15) is 19.3 Å². The number of nitro groups is 1. The molecule has 6 nitrogen and oxygen atoms in total. The highest BCUT2D eigenvalue weighted by Gasteiger charge is 2.16. The summed E-state index contributed by atoms with van der Waals surface area (Å²) in [5, 5.41) is 19.7. The average molecular weight is 294 g/mol. The molecule has 0 aliphatic carbocycles. The fraction of sp³-hybridized carbons (Fsp3) is 0. The van der Waals surface area contributed by atoms with Crippen molar-refractivity contribution < 1.29 is 19.2 Å². The topological polar surface area (TPSA) is 93.3 Å². The summed E-state index contributed by atoms with van der Waals surface area (Å²) in [6, 6.07) is 5.85. The maximum absolute atomic E-state index is 13.2. The lowest BCUT2D eigenvalue weighted by atomic mass is 10.3. The van der Waals surface area contributed by atoms with Crippen LogP contribution in [0.4, 0.5) is 10.1 Å². The second-order valence-electron chi connectivity index (χ2n) is 3.65. The fourth-order valence-corrected chi connectivity index (χ4v) is 2.41. The van der Waals surface area contributed by atoms with Crippen LogP contribution in [0.15, 0.2) is 46.3 Å². The molecule has 0 amide bonds. The van der Waals surface area contributed by atoms with Gasteiger partial charge in [0.15, 0.2) is 0 Å². The number of carboxylic acid groups (broad SMARTS) is 1. The first kappa shape index (κ1) is 13.9. The van der Waals surface area contributed by atoms with Crippen molar-refractivity contribution in [3.05, 3.63) is 58.2 Å². The van der Waals surface area contributed by atoms with E-state index >= 15 is 0 Å². The van der Waals surface area contributed by atoms with Crippen LogP contribution >= 0.6 is 11.8 Å². The van der Waals surface area contributed by atoms with E-state index < -0.39 is 16.7 Å². The third kappa shape index (κ3) is 3.09. The van der Waals surface area contributed by atoms with E-state index in [1.165, 1.54) is 18.3 Å².